The van der Waals surface area contributed by atoms with Crippen LogP contribution >= 0.6 is 0 Å². The number of nitrogens with one attached hydrogen (secondary N) is 1. The number of anilines is 1. The van der Waals surface area contributed by atoms with Crippen molar-refractivity contribution in [1.82, 2.24) is 9.97 Å². The number of aromatic nitrogens is 2. The fourth-order valence-corrected chi connectivity index (χ4v) is 4.25. The fourth-order valence-electron chi connectivity index (χ4n) is 4.25. The number of furan rings is 1. The van der Waals surface area contributed by atoms with Crippen molar-refractivity contribution in [3.05, 3.63) is 59.9 Å². The Balaban J connectivity index is 1.53. The number of hydrogen-bond acceptors (Lipinski definition) is 8. The van der Waals surface area contributed by atoms with Gasteiger partial charge in [0.1, 0.15) is 23.0 Å². The summed E-state index contributed by atoms with van der Waals surface area (Å²) >= 11 is 0. The molecule has 4 aromatic rings. The second kappa shape index (κ2) is 9.57. The summed E-state index contributed by atoms with van der Waals surface area (Å²) in [6.07, 6.45) is 5.04. The molecule has 0 atom stereocenters. The van der Waals surface area contributed by atoms with Crippen molar-refractivity contribution in [2.45, 2.75) is 25.8 Å². The molecule has 0 bridgehead atoms. The number of nitrogens with zero attached hydrogens (tertiary/aromatic N) is 3. The molecule has 1 fully saturated rings. The predicted molar refractivity (Wildman–Crippen MR) is 131 cm³/mol. The van der Waals surface area contributed by atoms with Gasteiger partial charge in [-0.25, -0.2) is 4.98 Å². The van der Waals surface area contributed by atoms with Gasteiger partial charge >= 0.3 is 0 Å². The zero-order valence-corrected chi connectivity index (χ0v) is 19.5. The highest BCUT2D eigenvalue weighted by molar-refractivity contribution is 5.95. The smallest absolute Gasteiger partial charge is 0.161 e. The van der Waals surface area contributed by atoms with Crippen LogP contribution in [0, 0.1) is 11.3 Å². The van der Waals surface area contributed by atoms with Gasteiger partial charge in [0.25, 0.3) is 0 Å². The molecule has 0 aliphatic carbocycles. The number of ketones is 1. The number of ether oxygens (including phenoxy) is 2. The van der Waals surface area contributed by atoms with E-state index in [4.69, 9.17) is 13.9 Å². The normalized spacial score (nSPS) is 14.0. The first-order valence-corrected chi connectivity index (χ1v) is 11.4. The van der Waals surface area contributed by atoms with Gasteiger partial charge in [0, 0.05) is 48.8 Å². The lowest BCUT2D eigenvalue weighted by atomic mass is 10.0. The average Bonchev–Trinajstić information content (AvgIpc) is 3.33. The third-order valence-electron chi connectivity index (χ3n) is 6.16. The van der Waals surface area contributed by atoms with E-state index in [2.05, 4.69) is 21.4 Å². The molecule has 0 unspecified atom stereocenters. The summed E-state index contributed by atoms with van der Waals surface area (Å²) in [6.45, 7) is 2.93. The van der Waals surface area contributed by atoms with Crippen molar-refractivity contribution in [2.75, 3.05) is 25.6 Å². The minimum atomic E-state index is -0.0982. The standard InChI is InChI=1S/C27H24N4O4/c1-16(32)19-12-24(33-2)26(30-15-19)25-13-23-27(35-25)21(5-8-29-23)17-3-4-22(18(11-17)14-28)31-20-6-9-34-10-7-20/h3-5,8,11-13,15,20,31H,6-7,9-10H2,1-2H3. The van der Waals surface area contributed by atoms with Crippen molar-refractivity contribution in [3.8, 4) is 34.4 Å². The molecule has 8 nitrogen and oxygen atoms in total. The molecule has 0 radical (unpaired) electrons. The first-order chi connectivity index (χ1) is 17.1. The minimum Gasteiger partial charge on any atom is -0.494 e. The molecule has 8 heteroatoms. The van der Waals surface area contributed by atoms with E-state index in [0.717, 1.165) is 42.9 Å². The minimum absolute atomic E-state index is 0.0982. The molecule has 5 rings (SSSR count). The van der Waals surface area contributed by atoms with Gasteiger partial charge in [-0.2, -0.15) is 5.26 Å². The average molecular weight is 469 g/mol. The number of benzene rings is 1. The third kappa shape index (κ3) is 4.46. The van der Waals surface area contributed by atoms with Crippen molar-refractivity contribution < 1.29 is 18.7 Å². The van der Waals surface area contributed by atoms with Gasteiger partial charge in [0.2, 0.25) is 0 Å². The molecule has 0 amide bonds. The lowest BCUT2D eigenvalue weighted by molar-refractivity contribution is 0.0904. The summed E-state index contributed by atoms with van der Waals surface area (Å²) < 4.78 is 17.1. The third-order valence-corrected chi connectivity index (χ3v) is 6.16. The number of hydrogen-bond donors (Lipinski definition) is 1. The summed E-state index contributed by atoms with van der Waals surface area (Å²) in [5, 5.41) is 13.3. The quantitative estimate of drug-likeness (QED) is 0.383. The van der Waals surface area contributed by atoms with Crippen LogP contribution in [0.5, 0.6) is 5.75 Å². The molecule has 1 saturated heterocycles. The van der Waals surface area contributed by atoms with Gasteiger partial charge in [0.05, 0.1) is 18.4 Å². The van der Waals surface area contributed by atoms with Gasteiger partial charge in [-0.05, 0) is 49.6 Å². The number of carbonyl (C=O) groups excluding carboxylic acids is 1. The van der Waals surface area contributed by atoms with E-state index in [1.807, 2.05) is 24.3 Å². The van der Waals surface area contributed by atoms with Crippen molar-refractivity contribution in [1.29, 1.82) is 5.26 Å². The van der Waals surface area contributed by atoms with E-state index < -0.39 is 0 Å². The Bertz CT molecular complexity index is 1450. The van der Waals surface area contributed by atoms with Crippen LogP contribution in [0.3, 0.4) is 0 Å². The Morgan fingerprint density at radius 2 is 2.00 bits per heavy atom. The lowest BCUT2D eigenvalue weighted by Crippen LogP contribution is -2.28. The van der Waals surface area contributed by atoms with Gasteiger partial charge < -0.3 is 19.2 Å². The number of pyridine rings is 2. The zero-order chi connectivity index (χ0) is 24.4. The molecule has 0 spiro atoms. The van der Waals surface area contributed by atoms with Gasteiger partial charge in [0.15, 0.2) is 17.1 Å². The molecule has 1 aliphatic heterocycles. The molecule has 4 heterocycles. The summed E-state index contributed by atoms with van der Waals surface area (Å²) in [5.74, 6) is 0.817. The predicted octanol–water partition coefficient (Wildman–Crippen LogP) is 5.23. The maximum atomic E-state index is 11.7. The molecule has 1 aliphatic rings. The second-order valence-corrected chi connectivity index (χ2v) is 8.42. The molecule has 176 valence electrons. The van der Waals surface area contributed by atoms with E-state index in [1.54, 1.807) is 18.3 Å². The van der Waals surface area contributed by atoms with Crippen LogP contribution in [0.2, 0.25) is 0 Å². The summed E-state index contributed by atoms with van der Waals surface area (Å²) in [7, 11) is 1.52. The Hall–Kier alpha value is -4.22. The van der Waals surface area contributed by atoms with E-state index in [-0.39, 0.29) is 5.78 Å². The number of fused-ring (bicyclic) bond motifs is 1. The largest absolute Gasteiger partial charge is 0.494 e. The Morgan fingerprint density at radius 3 is 2.74 bits per heavy atom. The van der Waals surface area contributed by atoms with Gasteiger partial charge in [-0.3, -0.25) is 9.78 Å². The van der Waals surface area contributed by atoms with Crippen LogP contribution in [-0.2, 0) is 4.74 Å². The maximum absolute atomic E-state index is 11.7. The van der Waals surface area contributed by atoms with Crippen molar-refractivity contribution in [3.63, 3.8) is 0 Å². The molecular weight excluding hydrogens is 444 g/mol. The van der Waals surface area contributed by atoms with Crippen LogP contribution < -0.4 is 10.1 Å². The van der Waals surface area contributed by atoms with Crippen LogP contribution in [0.15, 0.2) is 53.2 Å². The first kappa shape index (κ1) is 22.6. The van der Waals surface area contributed by atoms with Crippen LogP contribution in [0.25, 0.3) is 33.7 Å². The Labute approximate surface area is 202 Å². The highest BCUT2D eigenvalue weighted by Crippen LogP contribution is 2.37. The number of methoxy groups -OCH3 is 1. The lowest BCUT2D eigenvalue weighted by Gasteiger charge is -2.24. The van der Waals surface area contributed by atoms with Gasteiger partial charge in [-0.15, -0.1) is 0 Å². The summed E-state index contributed by atoms with van der Waals surface area (Å²) in [6, 6.07) is 13.7. The molecular formula is C27H24N4O4. The SMILES string of the molecule is COc1cc(C(C)=O)cnc1-c1cc2nccc(-c3ccc(NC4CCOCC4)c(C#N)c3)c2o1. The van der Waals surface area contributed by atoms with Gasteiger partial charge in [-0.1, -0.05) is 6.07 Å². The Morgan fingerprint density at radius 1 is 1.17 bits per heavy atom. The van der Waals surface area contributed by atoms with E-state index in [0.29, 0.717) is 45.5 Å². The van der Waals surface area contributed by atoms with Crippen molar-refractivity contribution >= 4 is 22.6 Å². The molecule has 35 heavy (non-hydrogen) atoms. The summed E-state index contributed by atoms with van der Waals surface area (Å²) in [4.78, 5) is 20.6. The zero-order valence-electron chi connectivity index (χ0n) is 19.5. The van der Waals surface area contributed by atoms with E-state index >= 15 is 0 Å². The van der Waals surface area contributed by atoms with Crippen molar-refractivity contribution in [2.24, 2.45) is 0 Å². The van der Waals surface area contributed by atoms with E-state index in [9.17, 15) is 10.1 Å². The fraction of sp³-hybridized carbons (Fsp3) is 0.259. The number of Topliss-reactive ketones (excluding diaryl/α,β-unsaturated/α-hetero) is 1. The molecule has 3 aromatic heterocycles. The number of nitriles is 1. The maximum Gasteiger partial charge on any atom is 0.161 e. The van der Waals surface area contributed by atoms with E-state index in [1.165, 1.54) is 20.2 Å². The molecule has 1 N–H and O–H groups in total. The Kier molecular flexibility index (Phi) is 6.17. The number of rotatable bonds is 6. The molecule has 0 saturated carbocycles. The highest BCUT2D eigenvalue weighted by Gasteiger charge is 2.19. The topological polar surface area (TPSA) is 110 Å². The van der Waals surface area contributed by atoms with Crippen LogP contribution in [0.4, 0.5) is 5.69 Å². The van der Waals surface area contributed by atoms with Crippen LogP contribution in [0.1, 0.15) is 35.7 Å². The highest BCUT2D eigenvalue weighted by atomic mass is 16.5. The summed E-state index contributed by atoms with van der Waals surface area (Å²) in [5.41, 5.74) is 5.21. The van der Waals surface area contributed by atoms with Crippen LogP contribution in [-0.4, -0.2) is 42.1 Å². The monoisotopic (exact) mass is 468 g/mol. The molecule has 1 aromatic carbocycles. The number of carbonyl (C=O) groups is 1. The first-order valence-electron chi connectivity index (χ1n) is 11.4. The second-order valence-electron chi connectivity index (χ2n) is 8.42.